The molecule has 2 aromatic rings. The van der Waals surface area contributed by atoms with Crippen LogP contribution in [0.1, 0.15) is 95.8 Å². The van der Waals surface area contributed by atoms with E-state index in [-0.39, 0.29) is 17.4 Å². The quantitative estimate of drug-likeness (QED) is 0.590. The van der Waals surface area contributed by atoms with Gasteiger partial charge in [0.25, 0.3) is 5.91 Å². The average Bonchev–Trinajstić information content (AvgIpc) is 3.65. The van der Waals surface area contributed by atoms with Crippen molar-refractivity contribution >= 4 is 11.7 Å². The van der Waals surface area contributed by atoms with Crippen LogP contribution in [0.15, 0.2) is 36.4 Å². The van der Waals surface area contributed by atoms with Crippen LogP contribution in [0.4, 0.5) is 0 Å². The number of carbonyl (C=O) groups is 2. The lowest BCUT2D eigenvalue weighted by molar-refractivity contribution is 0.0127. The van der Waals surface area contributed by atoms with Crippen LogP contribution in [-0.2, 0) is 12.1 Å². The topological polar surface area (TPSA) is 45.6 Å². The third kappa shape index (κ3) is 3.73. The maximum Gasteiger partial charge on any atom is 0.253 e. The Bertz CT molecular complexity index is 1070. The smallest absolute Gasteiger partial charge is 0.253 e. The molecule has 1 amide bonds. The molecule has 5 nitrogen and oxygen atoms in total. The number of amides is 1. The van der Waals surface area contributed by atoms with E-state index in [2.05, 4.69) is 40.8 Å². The van der Waals surface area contributed by atoms with E-state index < -0.39 is 0 Å². The van der Waals surface area contributed by atoms with E-state index in [1.165, 1.54) is 43.4 Å². The summed E-state index contributed by atoms with van der Waals surface area (Å²) in [4.78, 5) is 30.7. The second-order valence-electron chi connectivity index (χ2n) is 11.1. The molecule has 2 aliphatic carbocycles. The molecule has 5 heteroatoms. The number of rotatable bonds is 4. The highest BCUT2D eigenvalue weighted by atomic mass is 16.2. The highest BCUT2D eigenvalue weighted by Gasteiger charge is 2.46. The first kappa shape index (κ1) is 22.1. The summed E-state index contributed by atoms with van der Waals surface area (Å²) < 4.78 is 2.29. The third-order valence-electron chi connectivity index (χ3n) is 9.16. The molecule has 3 fully saturated rings. The number of Topliss-reactive ketones (excluding diaryl/α,β-unsaturated/α-hetero) is 1. The molecule has 1 aromatic heterocycles. The van der Waals surface area contributed by atoms with Gasteiger partial charge >= 0.3 is 0 Å². The van der Waals surface area contributed by atoms with Crippen LogP contribution in [0, 0.1) is 5.92 Å². The fourth-order valence-electron chi connectivity index (χ4n) is 6.78. The number of hydrogen-bond acceptors (Lipinski definition) is 3. The number of benzene rings is 1. The number of nitrogens with zero attached hydrogens (tertiary/aromatic N) is 3. The summed E-state index contributed by atoms with van der Waals surface area (Å²) in [6.45, 7) is 3.34. The van der Waals surface area contributed by atoms with Crippen LogP contribution >= 0.6 is 0 Å². The predicted octanol–water partition coefficient (Wildman–Crippen LogP) is 5.21. The number of carbonyl (C=O) groups excluding carboxylic acids is 2. The van der Waals surface area contributed by atoms with Crippen molar-refractivity contribution in [1.29, 1.82) is 0 Å². The lowest BCUT2D eigenvalue weighted by Gasteiger charge is -2.50. The van der Waals surface area contributed by atoms with Crippen molar-refractivity contribution in [2.75, 3.05) is 26.7 Å². The van der Waals surface area contributed by atoms with E-state index in [0.29, 0.717) is 11.7 Å². The summed E-state index contributed by atoms with van der Waals surface area (Å²) in [7, 11) is 2.21. The summed E-state index contributed by atoms with van der Waals surface area (Å²) >= 11 is 0. The Kier molecular flexibility index (Phi) is 5.63. The van der Waals surface area contributed by atoms with Gasteiger partial charge < -0.3 is 9.47 Å². The largest absolute Gasteiger partial charge is 0.339 e. The molecule has 0 bridgehead atoms. The van der Waals surface area contributed by atoms with Gasteiger partial charge in [-0.25, -0.2) is 0 Å². The maximum absolute atomic E-state index is 13.3. The number of likely N-dealkylation sites (tertiary alicyclic amines) is 1. The zero-order chi connectivity index (χ0) is 23.3. The van der Waals surface area contributed by atoms with E-state index in [4.69, 9.17) is 0 Å². The number of fused-ring (bicyclic) bond motifs is 2. The summed E-state index contributed by atoms with van der Waals surface area (Å²) in [6, 6.07) is 12.7. The lowest BCUT2D eigenvalue weighted by atomic mass is 9.81. The summed E-state index contributed by atoms with van der Waals surface area (Å²) in [6.07, 6.45) is 10.5. The number of ketones is 1. The monoisotopic (exact) mass is 459 g/mol. The Balaban J connectivity index is 1.16. The van der Waals surface area contributed by atoms with Gasteiger partial charge in [-0.3, -0.25) is 14.5 Å². The third-order valence-corrected chi connectivity index (χ3v) is 9.16. The van der Waals surface area contributed by atoms with Gasteiger partial charge in [0.05, 0.1) is 11.2 Å². The second kappa shape index (κ2) is 8.67. The highest BCUT2D eigenvalue weighted by Crippen LogP contribution is 2.43. The van der Waals surface area contributed by atoms with Crippen molar-refractivity contribution < 1.29 is 9.59 Å². The van der Waals surface area contributed by atoms with Crippen LogP contribution in [0.3, 0.4) is 0 Å². The zero-order valence-corrected chi connectivity index (χ0v) is 20.5. The molecule has 3 heterocycles. The van der Waals surface area contributed by atoms with E-state index in [1.54, 1.807) is 0 Å². The van der Waals surface area contributed by atoms with Crippen molar-refractivity contribution in [2.24, 2.45) is 5.92 Å². The Morgan fingerprint density at radius 3 is 2.21 bits per heavy atom. The van der Waals surface area contributed by atoms with Crippen molar-refractivity contribution in [3.63, 3.8) is 0 Å². The van der Waals surface area contributed by atoms with Gasteiger partial charge in [0.2, 0.25) is 0 Å². The molecule has 0 atom stereocenters. The number of piperidine rings is 1. The summed E-state index contributed by atoms with van der Waals surface area (Å²) in [5.74, 6) is 1.40. The standard InChI is InChI=1S/C29H37N3O2/c1-30-19-20-32-25(27(33)23-9-10-23)13-14-26(32)29(30)15-17-31(18-16-29)28(34)24-11-7-22(8-12-24)21-5-3-2-4-6-21/h7-8,11-14,21,23H,2-6,9-10,15-20H2,1H3. The first-order chi connectivity index (χ1) is 16.6. The van der Waals surface area contributed by atoms with Gasteiger partial charge in [-0.15, -0.1) is 0 Å². The van der Waals surface area contributed by atoms with E-state index in [1.807, 2.05) is 17.0 Å². The van der Waals surface area contributed by atoms with Crippen molar-refractivity contribution in [3.8, 4) is 0 Å². The SMILES string of the molecule is CN1CCn2c(C(=O)C3CC3)ccc2C12CCN(C(=O)c1ccc(C3CCCCC3)cc1)CC2. The van der Waals surface area contributed by atoms with Gasteiger partial charge in [-0.2, -0.15) is 0 Å². The first-order valence-corrected chi connectivity index (χ1v) is 13.4. The molecule has 1 saturated heterocycles. The fourth-order valence-corrected chi connectivity index (χ4v) is 6.78. The maximum atomic E-state index is 13.3. The molecule has 180 valence electrons. The minimum atomic E-state index is -0.0814. The second-order valence-corrected chi connectivity index (χ2v) is 11.1. The van der Waals surface area contributed by atoms with Crippen LogP contribution in [-0.4, -0.2) is 52.7 Å². The van der Waals surface area contributed by atoms with Gasteiger partial charge in [0, 0.05) is 43.4 Å². The van der Waals surface area contributed by atoms with E-state index in [9.17, 15) is 9.59 Å². The van der Waals surface area contributed by atoms with Crippen LogP contribution in [0.5, 0.6) is 0 Å². The van der Waals surface area contributed by atoms with E-state index >= 15 is 0 Å². The molecule has 0 unspecified atom stereocenters. The number of likely N-dealkylation sites (N-methyl/N-ethyl adjacent to an activating group) is 1. The average molecular weight is 460 g/mol. The zero-order valence-electron chi connectivity index (χ0n) is 20.5. The fraction of sp³-hybridized carbons (Fsp3) is 0.586. The normalized spacial score (nSPS) is 23.1. The molecule has 1 spiro atoms. The van der Waals surface area contributed by atoms with Gasteiger partial charge in [-0.1, -0.05) is 31.4 Å². The Hall–Kier alpha value is -2.40. The number of hydrogen-bond donors (Lipinski definition) is 0. The minimum absolute atomic E-state index is 0.0814. The molecular formula is C29H37N3O2. The summed E-state index contributed by atoms with van der Waals surface area (Å²) in [5, 5.41) is 0. The van der Waals surface area contributed by atoms with Gasteiger partial charge in [0.1, 0.15) is 0 Å². The van der Waals surface area contributed by atoms with Crippen molar-refractivity contribution in [3.05, 3.63) is 58.9 Å². The van der Waals surface area contributed by atoms with E-state index in [0.717, 1.165) is 63.1 Å². The van der Waals surface area contributed by atoms with Crippen LogP contribution < -0.4 is 0 Å². The van der Waals surface area contributed by atoms with Crippen molar-refractivity contribution in [1.82, 2.24) is 14.4 Å². The Labute approximate surface area is 203 Å². The Morgan fingerprint density at radius 2 is 1.53 bits per heavy atom. The highest BCUT2D eigenvalue weighted by molar-refractivity contribution is 5.98. The Morgan fingerprint density at radius 1 is 0.824 bits per heavy atom. The van der Waals surface area contributed by atoms with Crippen LogP contribution in [0.25, 0.3) is 0 Å². The van der Waals surface area contributed by atoms with Gasteiger partial charge in [0.15, 0.2) is 5.78 Å². The summed E-state index contributed by atoms with van der Waals surface area (Å²) in [5.41, 5.74) is 4.31. The minimum Gasteiger partial charge on any atom is -0.339 e. The lowest BCUT2D eigenvalue weighted by Crippen LogP contribution is -2.56. The van der Waals surface area contributed by atoms with Crippen LogP contribution in [0.2, 0.25) is 0 Å². The molecule has 0 N–H and O–H groups in total. The molecule has 2 aliphatic heterocycles. The predicted molar refractivity (Wildman–Crippen MR) is 133 cm³/mol. The molecule has 4 aliphatic rings. The molecule has 6 rings (SSSR count). The first-order valence-electron chi connectivity index (χ1n) is 13.4. The molecular weight excluding hydrogens is 422 g/mol. The molecule has 34 heavy (non-hydrogen) atoms. The van der Waals surface area contributed by atoms with Crippen molar-refractivity contribution in [2.45, 2.75) is 75.8 Å². The molecule has 2 saturated carbocycles. The van der Waals surface area contributed by atoms with Gasteiger partial charge in [-0.05, 0) is 81.3 Å². The molecule has 1 aromatic carbocycles. The number of aromatic nitrogens is 1. The molecule has 0 radical (unpaired) electrons.